The van der Waals surface area contributed by atoms with Crippen LogP contribution in [-0.4, -0.2) is 39.2 Å². The highest BCUT2D eigenvalue weighted by molar-refractivity contribution is 6.30. The maximum Gasteiger partial charge on any atom is 0.337 e. The van der Waals surface area contributed by atoms with E-state index in [4.69, 9.17) is 21.1 Å². The smallest absolute Gasteiger partial charge is 0.337 e. The van der Waals surface area contributed by atoms with Gasteiger partial charge in [-0.2, -0.15) is 0 Å². The number of oxazole rings is 1. The maximum absolute atomic E-state index is 11.7. The molecule has 0 aliphatic rings. The zero-order valence-electron chi connectivity index (χ0n) is 13.0. The predicted molar refractivity (Wildman–Crippen MR) is 86.5 cm³/mol. The van der Waals surface area contributed by atoms with Gasteiger partial charge in [-0.3, -0.25) is 4.79 Å². The van der Waals surface area contributed by atoms with Gasteiger partial charge < -0.3 is 19.9 Å². The van der Waals surface area contributed by atoms with Gasteiger partial charge in [0.1, 0.15) is 0 Å². The average molecular weight is 353 g/mol. The summed E-state index contributed by atoms with van der Waals surface area (Å²) in [6.07, 6.45) is 1.89. The number of rotatable bonds is 7. The van der Waals surface area contributed by atoms with Crippen LogP contribution in [0.4, 0.5) is 0 Å². The largest absolute Gasteiger partial charge is 0.479 e. The van der Waals surface area contributed by atoms with Gasteiger partial charge in [0.05, 0.1) is 12.7 Å². The predicted octanol–water partition coefficient (Wildman–Crippen LogP) is 1.88. The molecule has 8 heteroatoms. The van der Waals surface area contributed by atoms with E-state index in [9.17, 15) is 14.7 Å². The fourth-order valence-electron chi connectivity index (χ4n) is 1.83. The highest BCUT2D eigenvalue weighted by Crippen LogP contribution is 2.22. The molecular weight excluding hydrogens is 336 g/mol. The number of carbonyl (C=O) groups is 2. The lowest BCUT2D eigenvalue weighted by atomic mass is 10.1. The van der Waals surface area contributed by atoms with Crippen molar-refractivity contribution in [3.8, 4) is 11.3 Å². The molecule has 0 fully saturated rings. The summed E-state index contributed by atoms with van der Waals surface area (Å²) in [5.41, 5.74) is -1.18. The number of carboxylic acids is 1. The number of carbonyl (C=O) groups excluding carboxylic acids is 1. The molecule has 0 bridgehead atoms. The molecular formula is C16H17ClN2O5. The molecule has 1 aromatic carbocycles. The normalized spacial score (nSPS) is 13.3. The van der Waals surface area contributed by atoms with Crippen LogP contribution in [0.1, 0.15) is 19.2 Å². The molecule has 0 aliphatic carbocycles. The molecule has 2 aromatic rings. The number of aliphatic carboxylic acids is 1. The molecule has 128 valence electrons. The van der Waals surface area contributed by atoms with E-state index in [1.54, 1.807) is 30.5 Å². The van der Waals surface area contributed by atoms with Crippen LogP contribution in [-0.2, 0) is 16.0 Å². The molecule has 0 saturated heterocycles. The third-order valence-electron chi connectivity index (χ3n) is 3.34. The van der Waals surface area contributed by atoms with E-state index < -0.39 is 17.5 Å². The van der Waals surface area contributed by atoms with Gasteiger partial charge in [-0.25, -0.2) is 9.78 Å². The van der Waals surface area contributed by atoms with E-state index in [0.717, 1.165) is 12.5 Å². The van der Waals surface area contributed by atoms with Gasteiger partial charge in [0.15, 0.2) is 17.3 Å². The van der Waals surface area contributed by atoms with Crippen LogP contribution in [0.5, 0.6) is 0 Å². The molecule has 7 nitrogen and oxygen atoms in total. The number of aliphatic hydroxyl groups is 1. The minimum atomic E-state index is -2.00. The van der Waals surface area contributed by atoms with Gasteiger partial charge in [-0.1, -0.05) is 11.6 Å². The van der Waals surface area contributed by atoms with Crippen LogP contribution >= 0.6 is 11.6 Å². The second-order valence-electron chi connectivity index (χ2n) is 5.48. The van der Waals surface area contributed by atoms with Crippen LogP contribution in [0.2, 0.25) is 5.02 Å². The van der Waals surface area contributed by atoms with Crippen LogP contribution < -0.4 is 5.32 Å². The summed E-state index contributed by atoms with van der Waals surface area (Å²) < 4.78 is 5.57. The van der Waals surface area contributed by atoms with Crippen molar-refractivity contribution in [2.75, 3.05) is 6.54 Å². The molecule has 1 aromatic heterocycles. The summed E-state index contributed by atoms with van der Waals surface area (Å²) in [5, 5.41) is 21.3. The Balaban J connectivity index is 1.86. The summed E-state index contributed by atoms with van der Waals surface area (Å²) in [6.45, 7) is 0.741. The van der Waals surface area contributed by atoms with Crippen molar-refractivity contribution < 1.29 is 24.2 Å². The van der Waals surface area contributed by atoms with Crippen molar-refractivity contribution >= 4 is 23.5 Å². The molecule has 0 radical (unpaired) electrons. The zero-order valence-corrected chi connectivity index (χ0v) is 13.7. The van der Waals surface area contributed by atoms with Gasteiger partial charge in [0, 0.05) is 23.4 Å². The van der Waals surface area contributed by atoms with Gasteiger partial charge in [0.25, 0.3) is 0 Å². The molecule has 1 amide bonds. The minimum absolute atomic E-state index is 0.0657. The number of benzene rings is 1. The van der Waals surface area contributed by atoms with E-state index in [0.29, 0.717) is 16.7 Å². The number of nitrogens with one attached hydrogen (secondary N) is 1. The lowest BCUT2D eigenvalue weighted by Crippen LogP contribution is -2.46. The van der Waals surface area contributed by atoms with Gasteiger partial charge in [0.2, 0.25) is 5.91 Å². The summed E-state index contributed by atoms with van der Waals surface area (Å²) in [4.78, 5) is 26.5. The van der Waals surface area contributed by atoms with Crippen LogP contribution in [0.3, 0.4) is 0 Å². The SMILES string of the molecule is CC(O)(CNC(=O)CCc1ncc(-c2ccc(Cl)cc2)o1)C(=O)O. The fraction of sp³-hybridized carbons (Fsp3) is 0.312. The Morgan fingerprint density at radius 2 is 2.00 bits per heavy atom. The Labute approximate surface area is 143 Å². The monoisotopic (exact) mass is 352 g/mol. The number of hydrogen-bond donors (Lipinski definition) is 3. The first-order valence-corrected chi connectivity index (χ1v) is 7.59. The van der Waals surface area contributed by atoms with Crippen LogP contribution in [0.15, 0.2) is 34.9 Å². The van der Waals surface area contributed by atoms with Crippen molar-refractivity contribution in [1.82, 2.24) is 10.3 Å². The molecule has 3 N–H and O–H groups in total. The van der Waals surface area contributed by atoms with Crippen molar-refractivity contribution in [2.24, 2.45) is 0 Å². The highest BCUT2D eigenvalue weighted by Gasteiger charge is 2.30. The second kappa shape index (κ2) is 7.46. The first kappa shape index (κ1) is 18.0. The maximum atomic E-state index is 11.7. The Bertz CT molecular complexity index is 724. The number of hydrogen-bond acceptors (Lipinski definition) is 5. The number of nitrogens with zero attached hydrogens (tertiary/aromatic N) is 1. The summed E-state index contributed by atoms with van der Waals surface area (Å²) in [7, 11) is 0. The van der Waals surface area contributed by atoms with E-state index >= 15 is 0 Å². The third-order valence-corrected chi connectivity index (χ3v) is 3.59. The van der Waals surface area contributed by atoms with E-state index in [-0.39, 0.29) is 19.4 Å². The Morgan fingerprint density at radius 3 is 2.62 bits per heavy atom. The standard InChI is InChI=1S/C16H17ClN2O5/c1-16(23,15(21)22)9-19-13(20)6-7-14-18-8-12(24-14)10-2-4-11(17)5-3-10/h2-5,8,23H,6-7,9H2,1H3,(H,19,20)(H,21,22). The Hall–Kier alpha value is -2.38. The molecule has 1 unspecified atom stereocenters. The Kier molecular flexibility index (Phi) is 5.58. The summed E-state index contributed by atoms with van der Waals surface area (Å²) in [5.74, 6) is -0.846. The lowest BCUT2D eigenvalue weighted by Gasteiger charge is -2.18. The topological polar surface area (TPSA) is 113 Å². The molecule has 1 heterocycles. The number of halogens is 1. The molecule has 0 aliphatic heterocycles. The van der Waals surface area contributed by atoms with E-state index in [2.05, 4.69) is 10.3 Å². The second-order valence-corrected chi connectivity index (χ2v) is 5.92. The molecule has 0 saturated carbocycles. The molecule has 24 heavy (non-hydrogen) atoms. The zero-order chi connectivity index (χ0) is 17.7. The average Bonchev–Trinajstić information content (AvgIpc) is 3.00. The first-order valence-electron chi connectivity index (χ1n) is 7.21. The van der Waals surface area contributed by atoms with Crippen LogP contribution in [0, 0.1) is 0 Å². The van der Waals surface area contributed by atoms with Crippen molar-refractivity contribution in [3.63, 3.8) is 0 Å². The molecule has 0 spiro atoms. The number of carboxylic acid groups (broad SMARTS) is 1. The van der Waals surface area contributed by atoms with E-state index in [1.807, 2.05) is 0 Å². The molecule has 1 atom stereocenters. The number of aryl methyl sites for hydroxylation is 1. The van der Waals surface area contributed by atoms with Gasteiger partial charge in [-0.15, -0.1) is 0 Å². The third kappa shape index (κ3) is 4.81. The minimum Gasteiger partial charge on any atom is -0.479 e. The van der Waals surface area contributed by atoms with Crippen molar-refractivity contribution in [1.29, 1.82) is 0 Å². The number of aromatic nitrogens is 1. The lowest BCUT2D eigenvalue weighted by molar-refractivity contribution is -0.156. The highest BCUT2D eigenvalue weighted by atomic mass is 35.5. The fourth-order valence-corrected chi connectivity index (χ4v) is 1.95. The summed E-state index contributed by atoms with van der Waals surface area (Å²) in [6, 6.07) is 7.07. The Morgan fingerprint density at radius 1 is 1.33 bits per heavy atom. The summed E-state index contributed by atoms with van der Waals surface area (Å²) >= 11 is 5.82. The first-order chi connectivity index (χ1) is 11.3. The molecule has 2 rings (SSSR count). The van der Waals surface area contributed by atoms with Crippen molar-refractivity contribution in [2.45, 2.75) is 25.4 Å². The van der Waals surface area contributed by atoms with Gasteiger partial charge in [-0.05, 0) is 31.2 Å². The van der Waals surface area contributed by atoms with Crippen LogP contribution in [0.25, 0.3) is 11.3 Å². The number of amides is 1. The van der Waals surface area contributed by atoms with E-state index in [1.165, 1.54) is 0 Å². The van der Waals surface area contributed by atoms with Crippen molar-refractivity contribution in [3.05, 3.63) is 41.4 Å². The van der Waals surface area contributed by atoms with Gasteiger partial charge >= 0.3 is 5.97 Å². The quantitative estimate of drug-likeness (QED) is 0.701.